The smallest absolute Gasteiger partial charge is 0.173 e. The summed E-state index contributed by atoms with van der Waals surface area (Å²) in [6, 6.07) is 8.32. The molecule has 0 saturated carbocycles. The van der Waals surface area contributed by atoms with Gasteiger partial charge in [0.1, 0.15) is 0 Å². The van der Waals surface area contributed by atoms with Crippen molar-refractivity contribution >= 4 is 23.0 Å². The zero-order chi connectivity index (χ0) is 15.4. The quantitative estimate of drug-likeness (QED) is 0.878. The van der Waals surface area contributed by atoms with Crippen molar-refractivity contribution < 1.29 is 0 Å². The fraction of sp³-hybridized carbons (Fsp3) is 0.375. The van der Waals surface area contributed by atoms with E-state index in [-0.39, 0.29) is 0 Å². The predicted molar refractivity (Wildman–Crippen MR) is 91.5 cm³/mol. The van der Waals surface area contributed by atoms with Crippen LogP contribution in [0.5, 0.6) is 0 Å². The maximum absolute atomic E-state index is 5.47. The molecule has 0 fully saturated rings. The average Bonchev–Trinajstić information content (AvgIpc) is 2.89. The second-order valence-corrected chi connectivity index (χ2v) is 5.65. The van der Waals surface area contributed by atoms with E-state index in [0.717, 1.165) is 17.9 Å². The standard InChI is InChI=1S/C16H22N4S/c1-5-20-9-8-14(18-20)11-19(4)16(21)17-15-7-6-12(2)10-13(15)3/h6-10H,5,11H2,1-4H3,(H,17,21). The first-order valence-electron chi connectivity index (χ1n) is 7.11. The van der Waals surface area contributed by atoms with Gasteiger partial charge in [0.05, 0.1) is 12.2 Å². The van der Waals surface area contributed by atoms with Crippen LogP contribution < -0.4 is 5.32 Å². The third-order valence-corrected chi connectivity index (χ3v) is 3.80. The minimum absolute atomic E-state index is 0.698. The molecule has 2 aromatic rings. The lowest BCUT2D eigenvalue weighted by Crippen LogP contribution is -2.31. The van der Waals surface area contributed by atoms with Gasteiger partial charge in [-0.25, -0.2) is 0 Å². The zero-order valence-corrected chi connectivity index (χ0v) is 13.9. The van der Waals surface area contributed by atoms with Gasteiger partial charge in [-0.15, -0.1) is 0 Å². The number of aryl methyl sites for hydroxylation is 3. The largest absolute Gasteiger partial charge is 0.346 e. The number of nitrogens with zero attached hydrogens (tertiary/aromatic N) is 3. The molecule has 5 heteroatoms. The summed E-state index contributed by atoms with van der Waals surface area (Å²) in [6.45, 7) is 7.83. The molecular weight excluding hydrogens is 280 g/mol. The molecule has 4 nitrogen and oxygen atoms in total. The van der Waals surface area contributed by atoms with Crippen LogP contribution in [0.25, 0.3) is 0 Å². The minimum atomic E-state index is 0.698. The fourth-order valence-corrected chi connectivity index (χ4v) is 2.32. The van der Waals surface area contributed by atoms with E-state index in [2.05, 4.69) is 49.4 Å². The van der Waals surface area contributed by atoms with Crippen molar-refractivity contribution in [1.29, 1.82) is 0 Å². The van der Waals surface area contributed by atoms with Crippen LogP contribution in [-0.2, 0) is 13.1 Å². The number of hydrogen-bond acceptors (Lipinski definition) is 2. The lowest BCUT2D eigenvalue weighted by Gasteiger charge is -2.21. The Hall–Kier alpha value is -1.88. The van der Waals surface area contributed by atoms with Gasteiger partial charge < -0.3 is 10.2 Å². The number of aromatic nitrogens is 2. The lowest BCUT2D eigenvalue weighted by atomic mass is 10.1. The molecule has 0 atom stereocenters. The Morgan fingerprint density at radius 2 is 2.10 bits per heavy atom. The minimum Gasteiger partial charge on any atom is -0.346 e. The normalized spacial score (nSPS) is 10.5. The van der Waals surface area contributed by atoms with E-state index in [1.165, 1.54) is 11.1 Å². The summed E-state index contributed by atoms with van der Waals surface area (Å²) in [5.74, 6) is 0. The fourth-order valence-electron chi connectivity index (χ4n) is 2.14. The summed E-state index contributed by atoms with van der Waals surface area (Å²) >= 11 is 5.47. The van der Waals surface area contributed by atoms with Crippen molar-refractivity contribution in [2.45, 2.75) is 33.9 Å². The molecule has 1 aromatic heterocycles. The zero-order valence-electron chi connectivity index (χ0n) is 13.1. The topological polar surface area (TPSA) is 33.1 Å². The molecule has 0 amide bonds. The molecule has 1 aromatic carbocycles. The monoisotopic (exact) mass is 302 g/mol. The van der Waals surface area contributed by atoms with Crippen molar-refractivity contribution in [3.05, 3.63) is 47.3 Å². The summed E-state index contributed by atoms with van der Waals surface area (Å²) in [6.07, 6.45) is 1.99. The first-order chi connectivity index (χ1) is 9.99. The average molecular weight is 302 g/mol. The molecule has 0 spiro atoms. The van der Waals surface area contributed by atoms with Gasteiger partial charge in [0, 0.05) is 25.5 Å². The van der Waals surface area contributed by atoms with Crippen LogP contribution in [0.15, 0.2) is 30.5 Å². The maximum Gasteiger partial charge on any atom is 0.173 e. The van der Waals surface area contributed by atoms with Gasteiger partial charge in [0.25, 0.3) is 0 Å². The molecule has 1 heterocycles. The van der Waals surface area contributed by atoms with Gasteiger partial charge in [0.2, 0.25) is 0 Å². The van der Waals surface area contributed by atoms with Crippen LogP contribution >= 0.6 is 12.2 Å². The molecule has 0 aliphatic heterocycles. The molecule has 0 saturated heterocycles. The molecule has 0 aliphatic rings. The Morgan fingerprint density at radius 3 is 2.71 bits per heavy atom. The maximum atomic E-state index is 5.47. The Morgan fingerprint density at radius 1 is 1.33 bits per heavy atom. The summed E-state index contributed by atoms with van der Waals surface area (Å²) in [7, 11) is 1.98. The molecule has 1 N–H and O–H groups in total. The van der Waals surface area contributed by atoms with E-state index in [0.29, 0.717) is 11.7 Å². The molecule has 0 aliphatic carbocycles. The predicted octanol–water partition coefficient (Wildman–Crippen LogP) is 3.35. The van der Waals surface area contributed by atoms with Gasteiger partial charge in [-0.05, 0) is 50.7 Å². The Kier molecular flexibility index (Phi) is 4.96. The first kappa shape index (κ1) is 15.5. The molecular formula is C16H22N4S. The van der Waals surface area contributed by atoms with Gasteiger partial charge in [-0.3, -0.25) is 4.68 Å². The van der Waals surface area contributed by atoms with Crippen LogP contribution in [0.1, 0.15) is 23.7 Å². The van der Waals surface area contributed by atoms with Crippen LogP contribution in [0, 0.1) is 13.8 Å². The number of thiocarbonyl (C=S) groups is 1. The molecule has 2 rings (SSSR count). The number of rotatable bonds is 4. The van der Waals surface area contributed by atoms with E-state index in [9.17, 15) is 0 Å². The molecule has 0 unspecified atom stereocenters. The summed E-state index contributed by atoms with van der Waals surface area (Å²) < 4.78 is 1.92. The third kappa shape index (κ3) is 4.04. The van der Waals surface area contributed by atoms with Crippen molar-refractivity contribution in [3.63, 3.8) is 0 Å². The highest BCUT2D eigenvalue weighted by atomic mass is 32.1. The highest BCUT2D eigenvalue weighted by Crippen LogP contribution is 2.16. The lowest BCUT2D eigenvalue weighted by molar-refractivity contribution is 0.492. The van der Waals surface area contributed by atoms with E-state index in [1.807, 2.05) is 28.9 Å². The molecule has 21 heavy (non-hydrogen) atoms. The van der Waals surface area contributed by atoms with E-state index in [4.69, 9.17) is 12.2 Å². The summed E-state index contributed by atoms with van der Waals surface area (Å²) in [5.41, 5.74) is 4.52. The van der Waals surface area contributed by atoms with E-state index in [1.54, 1.807) is 0 Å². The Bertz CT molecular complexity index is 633. The Balaban J connectivity index is 1.99. The van der Waals surface area contributed by atoms with Gasteiger partial charge in [0.15, 0.2) is 5.11 Å². The molecule has 0 radical (unpaired) electrons. The van der Waals surface area contributed by atoms with Crippen molar-refractivity contribution in [1.82, 2.24) is 14.7 Å². The van der Waals surface area contributed by atoms with Crippen LogP contribution in [-0.4, -0.2) is 26.8 Å². The van der Waals surface area contributed by atoms with Crippen molar-refractivity contribution in [2.24, 2.45) is 0 Å². The van der Waals surface area contributed by atoms with E-state index < -0.39 is 0 Å². The second-order valence-electron chi connectivity index (χ2n) is 5.27. The van der Waals surface area contributed by atoms with Gasteiger partial charge in [-0.1, -0.05) is 17.7 Å². The van der Waals surface area contributed by atoms with Gasteiger partial charge >= 0.3 is 0 Å². The number of benzene rings is 1. The van der Waals surface area contributed by atoms with Crippen LogP contribution in [0.4, 0.5) is 5.69 Å². The highest BCUT2D eigenvalue weighted by Gasteiger charge is 2.09. The molecule has 112 valence electrons. The SMILES string of the molecule is CCn1ccc(CN(C)C(=S)Nc2ccc(C)cc2C)n1. The van der Waals surface area contributed by atoms with Crippen LogP contribution in [0.2, 0.25) is 0 Å². The molecule has 0 bridgehead atoms. The van der Waals surface area contributed by atoms with Crippen LogP contribution in [0.3, 0.4) is 0 Å². The number of hydrogen-bond donors (Lipinski definition) is 1. The summed E-state index contributed by atoms with van der Waals surface area (Å²) in [4.78, 5) is 2.00. The van der Waals surface area contributed by atoms with Gasteiger partial charge in [-0.2, -0.15) is 5.10 Å². The Labute approximate surface area is 131 Å². The highest BCUT2D eigenvalue weighted by molar-refractivity contribution is 7.80. The number of nitrogens with one attached hydrogen (secondary N) is 1. The van der Waals surface area contributed by atoms with Crippen molar-refractivity contribution in [3.8, 4) is 0 Å². The summed E-state index contributed by atoms with van der Waals surface area (Å²) in [5, 5.41) is 8.48. The van der Waals surface area contributed by atoms with Crippen molar-refractivity contribution in [2.75, 3.05) is 12.4 Å². The van der Waals surface area contributed by atoms with E-state index >= 15 is 0 Å². The first-order valence-corrected chi connectivity index (χ1v) is 7.52. The third-order valence-electron chi connectivity index (χ3n) is 3.39. The second kappa shape index (κ2) is 6.72. The number of anilines is 1.